The van der Waals surface area contributed by atoms with Gasteiger partial charge in [0.1, 0.15) is 29.8 Å². The van der Waals surface area contributed by atoms with Crippen LogP contribution in [0, 0.1) is 5.41 Å². The number of hydrogen-bond acceptors (Lipinski definition) is 7. The minimum Gasteiger partial charge on any atom is -0.490 e. The topological polar surface area (TPSA) is 100 Å². The number of amides is 1. The Bertz CT molecular complexity index is 1420. The highest BCUT2D eigenvalue weighted by Gasteiger charge is 2.36. The maximum Gasteiger partial charge on any atom is 0.283 e. The number of benzene rings is 2. The molecule has 0 bridgehead atoms. The van der Waals surface area contributed by atoms with Crippen molar-refractivity contribution in [1.29, 1.82) is 5.41 Å². The van der Waals surface area contributed by atoms with Gasteiger partial charge in [0.25, 0.3) is 5.91 Å². The van der Waals surface area contributed by atoms with Crippen molar-refractivity contribution in [3.05, 3.63) is 95.3 Å². The molecule has 0 spiro atoms. The largest absolute Gasteiger partial charge is 0.490 e. The van der Waals surface area contributed by atoms with Crippen molar-refractivity contribution >= 4 is 39.8 Å². The van der Waals surface area contributed by atoms with E-state index in [0.717, 1.165) is 23.3 Å². The molecule has 38 heavy (non-hydrogen) atoms. The number of hydrazone groups is 1. The average molecular weight is 526 g/mol. The fourth-order valence-electron chi connectivity index (χ4n) is 3.87. The molecule has 2 aliphatic rings. The van der Waals surface area contributed by atoms with Gasteiger partial charge in [-0.15, -0.1) is 0 Å². The summed E-state index contributed by atoms with van der Waals surface area (Å²) in [6.45, 7) is 5.23. The molecule has 0 saturated heterocycles. The van der Waals surface area contributed by atoms with E-state index in [1.165, 1.54) is 22.3 Å². The lowest BCUT2D eigenvalue weighted by Gasteiger charge is -2.20. The van der Waals surface area contributed by atoms with Crippen LogP contribution in [0.25, 0.3) is 6.08 Å². The zero-order chi connectivity index (χ0) is 26.5. The monoisotopic (exact) mass is 525 g/mol. The van der Waals surface area contributed by atoms with E-state index >= 15 is 0 Å². The zero-order valence-corrected chi connectivity index (χ0v) is 21.9. The second kappa shape index (κ2) is 11.4. The predicted molar refractivity (Wildman–Crippen MR) is 151 cm³/mol. The van der Waals surface area contributed by atoms with E-state index in [4.69, 9.17) is 14.9 Å². The number of carbonyl (C=O) groups excluding carboxylic acids is 1. The van der Waals surface area contributed by atoms with E-state index in [0.29, 0.717) is 35.1 Å². The van der Waals surface area contributed by atoms with Gasteiger partial charge in [-0.25, -0.2) is 0 Å². The summed E-state index contributed by atoms with van der Waals surface area (Å²) in [6, 6.07) is 19.2. The maximum absolute atomic E-state index is 12.7. The van der Waals surface area contributed by atoms with Crippen molar-refractivity contribution in [2.24, 2.45) is 10.1 Å². The number of aliphatic imine (C=N–C) groups is 1. The number of thioether (sulfide) groups is 1. The number of fused-ring (bicyclic) bond motifs is 1. The molecular weight excluding hydrogens is 498 g/mol. The Labute approximate surface area is 225 Å². The third kappa shape index (κ3) is 5.68. The van der Waals surface area contributed by atoms with E-state index in [1.54, 1.807) is 18.5 Å². The molecule has 3 heterocycles. The standard InChI is InChI=1S/C29H27N5O3S/c1-3-19(2)21-8-12-24(13-9-21)37-16-15-36-23-10-6-20(7-11-23)17-25-26(30)34-29(32-27(25)35)38-28(33-34)22-5-4-14-31-18-22/h4-14,17-19,30H,3,15-16H2,1-2H3/b25-17-,30-26?. The SMILES string of the molecule is CCC(C)c1ccc(OCCOc2ccc(/C=C3/C(=N)N4N=C(c5cccnc5)SC4=NC3=O)cc2)cc1. The molecule has 2 aliphatic heterocycles. The number of hydrogen-bond donors (Lipinski definition) is 1. The number of amidine groups is 2. The van der Waals surface area contributed by atoms with Crippen molar-refractivity contribution in [2.75, 3.05) is 13.2 Å². The molecular formula is C29H27N5O3S. The van der Waals surface area contributed by atoms with E-state index in [1.807, 2.05) is 48.5 Å². The summed E-state index contributed by atoms with van der Waals surface area (Å²) in [4.78, 5) is 20.9. The summed E-state index contributed by atoms with van der Waals surface area (Å²) in [5.74, 6) is 1.57. The summed E-state index contributed by atoms with van der Waals surface area (Å²) in [5.41, 5.74) is 3.04. The molecule has 1 amide bonds. The fraction of sp³-hybridized carbons (Fsp3) is 0.207. The molecule has 2 aromatic carbocycles. The van der Waals surface area contributed by atoms with Gasteiger partial charge in [0, 0.05) is 18.0 Å². The maximum atomic E-state index is 12.7. The molecule has 1 atom stereocenters. The second-order valence-electron chi connectivity index (χ2n) is 8.81. The van der Waals surface area contributed by atoms with Gasteiger partial charge in [-0.2, -0.15) is 15.1 Å². The van der Waals surface area contributed by atoms with Crippen LogP contribution in [-0.2, 0) is 4.79 Å². The molecule has 1 N–H and O–H groups in total. The number of ether oxygens (including phenoxy) is 2. The fourth-order valence-corrected chi connectivity index (χ4v) is 4.75. The summed E-state index contributed by atoms with van der Waals surface area (Å²) in [7, 11) is 0. The lowest BCUT2D eigenvalue weighted by Crippen LogP contribution is -2.35. The van der Waals surface area contributed by atoms with E-state index < -0.39 is 5.91 Å². The van der Waals surface area contributed by atoms with Crippen molar-refractivity contribution in [3.8, 4) is 11.5 Å². The van der Waals surface area contributed by atoms with Crippen LogP contribution in [0.3, 0.4) is 0 Å². The lowest BCUT2D eigenvalue weighted by atomic mass is 9.99. The first-order valence-electron chi connectivity index (χ1n) is 12.4. The molecule has 3 aromatic rings. The van der Waals surface area contributed by atoms with Crippen LogP contribution in [-0.4, -0.2) is 45.2 Å². The quantitative estimate of drug-likeness (QED) is 0.283. The Morgan fingerprint density at radius 2 is 1.71 bits per heavy atom. The minimum atomic E-state index is -0.467. The number of nitrogens with one attached hydrogen (secondary N) is 1. The van der Waals surface area contributed by atoms with Gasteiger partial charge in [-0.1, -0.05) is 38.1 Å². The summed E-state index contributed by atoms with van der Waals surface area (Å²) in [6.07, 6.45) is 6.12. The van der Waals surface area contributed by atoms with Crippen molar-refractivity contribution in [1.82, 2.24) is 9.99 Å². The first kappa shape index (κ1) is 25.4. The highest BCUT2D eigenvalue weighted by Crippen LogP contribution is 2.31. The Balaban J connectivity index is 1.17. The molecule has 0 saturated carbocycles. The summed E-state index contributed by atoms with van der Waals surface area (Å²) < 4.78 is 11.6. The van der Waals surface area contributed by atoms with E-state index in [-0.39, 0.29) is 11.4 Å². The molecule has 1 unspecified atom stereocenters. The first-order chi connectivity index (χ1) is 18.5. The van der Waals surface area contributed by atoms with Gasteiger partial charge in [0.2, 0.25) is 5.17 Å². The molecule has 9 heteroatoms. The third-order valence-corrected chi connectivity index (χ3v) is 7.19. The van der Waals surface area contributed by atoms with Crippen LogP contribution in [0.1, 0.15) is 42.9 Å². The van der Waals surface area contributed by atoms with Gasteiger partial charge >= 0.3 is 0 Å². The van der Waals surface area contributed by atoms with Crippen LogP contribution in [0.2, 0.25) is 0 Å². The van der Waals surface area contributed by atoms with Crippen molar-refractivity contribution < 1.29 is 14.3 Å². The molecule has 192 valence electrons. The summed E-state index contributed by atoms with van der Waals surface area (Å²) >= 11 is 1.25. The average Bonchev–Trinajstić information content (AvgIpc) is 3.39. The van der Waals surface area contributed by atoms with Crippen LogP contribution in [0.15, 0.2) is 88.7 Å². The van der Waals surface area contributed by atoms with Crippen LogP contribution in [0.5, 0.6) is 11.5 Å². The Morgan fingerprint density at radius 3 is 2.34 bits per heavy atom. The number of nitrogens with zero attached hydrogens (tertiary/aromatic N) is 4. The lowest BCUT2D eigenvalue weighted by molar-refractivity contribution is -0.114. The van der Waals surface area contributed by atoms with Gasteiger partial charge in [0.15, 0.2) is 5.84 Å². The van der Waals surface area contributed by atoms with Gasteiger partial charge < -0.3 is 9.47 Å². The van der Waals surface area contributed by atoms with Gasteiger partial charge in [0.05, 0.1) is 5.57 Å². The van der Waals surface area contributed by atoms with Crippen LogP contribution in [0.4, 0.5) is 0 Å². The Kier molecular flexibility index (Phi) is 7.65. The molecule has 0 radical (unpaired) electrons. The van der Waals surface area contributed by atoms with Gasteiger partial charge in [-0.05, 0) is 77.7 Å². The highest BCUT2D eigenvalue weighted by atomic mass is 32.2. The minimum absolute atomic E-state index is 0.0129. The second-order valence-corrected chi connectivity index (χ2v) is 9.77. The third-order valence-electron chi connectivity index (χ3n) is 6.24. The van der Waals surface area contributed by atoms with Gasteiger partial charge in [-0.3, -0.25) is 15.2 Å². The molecule has 1 aromatic heterocycles. The van der Waals surface area contributed by atoms with Crippen molar-refractivity contribution in [3.63, 3.8) is 0 Å². The Morgan fingerprint density at radius 1 is 1.03 bits per heavy atom. The van der Waals surface area contributed by atoms with Crippen molar-refractivity contribution in [2.45, 2.75) is 26.2 Å². The molecule has 0 fully saturated rings. The number of carbonyl (C=O) groups is 1. The summed E-state index contributed by atoms with van der Waals surface area (Å²) in [5, 5.41) is 15.4. The smallest absolute Gasteiger partial charge is 0.283 e. The molecule has 8 nitrogen and oxygen atoms in total. The number of pyridine rings is 1. The molecule has 5 rings (SSSR count). The normalized spacial score (nSPS) is 16.7. The number of rotatable bonds is 9. The first-order valence-corrected chi connectivity index (χ1v) is 13.2. The number of aromatic nitrogens is 1. The molecule has 0 aliphatic carbocycles. The zero-order valence-electron chi connectivity index (χ0n) is 21.1. The Hall–Kier alpha value is -4.24. The predicted octanol–water partition coefficient (Wildman–Crippen LogP) is 5.72. The van der Waals surface area contributed by atoms with Crippen LogP contribution >= 0.6 is 11.8 Å². The van der Waals surface area contributed by atoms with E-state index in [9.17, 15) is 4.79 Å². The van der Waals surface area contributed by atoms with E-state index in [2.05, 4.69) is 41.1 Å². The highest BCUT2D eigenvalue weighted by molar-refractivity contribution is 8.27. The van der Waals surface area contributed by atoms with Crippen LogP contribution < -0.4 is 9.47 Å².